The Labute approximate surface area is 211 Å². The van der Waals surface area contributed by atoms with Crippen LogP contribution in [-0.2, 0) is 19.7 Å². The molecule has 36 heavy (non-hydrogen) atoms. The minimum absolute atomic E-state index is 0.219. The van der Waals surface area contributed by atoms with Crippen LogP contribution >= 0.6 is 0 Å². The molecule has 0 aromatic heterocycles. The summed E-state index contributed by atoms with van der Waals surface area (Å²) < 4.78 is 53.4. The molecule has 0 spiro atoms. The maximum absolute atomic E-state index is 13.3. The molecule has 0 fully saturated rings. The van der Waals surface area contributed by atoms with Crippen LogP contribution in [0.5, 0.6) is 0 Å². The van der Waals surface area contributed by atoms with Crippen molar-refractivity contribution in [3.63, 3.8) is 0 Å². The van der Waals surface area contributed by atoms with Crippen molar-refractivity contribution in [2.24, 2.45) is 0 Å². The maximum Gasteiger partial charge on any atom is 0.207 e. The second kappa shape index (κ2) is 9.57. The van der Waals surface area contributed by atoms with Crippen molar-refractivity contribution < 1.29 is 16.8 Å². The third-order valence-corrected chi connectivity index (χ3v) is 9.62. The van der Waals surface area contributed by atoms with Crippen molar-refractivity contribution in [2.45, 2.75) is 19.6 Å². The fourth-order valence-electron chi connectivity index (χ4n) is 4.16. The molecule has 0 aliphatic rings. The van der Waals surface area contributed by atoms with E-state index in [9.17, 15) is 16.8 Å². The van der Waals surface area contributed by atoms with Crippen molar-refractivity contribution >= 4 is 19.7 Å². The SMILES string of the molecule is O=S(=O)(c1ccccc1)c1ccccc1-c1ccc(-c2ccccc2S(=O)(=O)c2ccccc2)cc1. The van der Waals surface area contributed by atoms with Crippen LogP contribution in [-0.4, -0.2) is 16.8 Å². The second-order valence-electron chi connectivity index (χ2n) is 8.20. The van der Waals surface area contributed by atoms with Gasteiger partial charge in [-0.25, -0.2) is 16.8 Å². The summed E-state index contributed by atoms with van der Waals surface area (Å²) in [5, 5.41) is 0. The molecular weight excluding hydrogens is 488 g/mol. The zero-order valence-electron chi connectivity index (χ0n) is 19.2. The third-order valence-electron chi connectivity index (χ3n) is 5.97. The summed E-state index contributed by atoms with van der Waals surface area (Å²) in [6.07, 6.45) is 0. The first-order valence-corrected chi connectivity index (χ1v) is 14.2. The normalized spacial score (nSPS) is 11.8. The molecule has 0 amide bonds. The van der Waals surface area contributed by atoms with Gasteiger partial charge in [-0.05, 0) is 47.5 Å². The molecule has 0 bridgehead atoms. The minimum atomic E-state index is -3.72. The summed E-state index contributed by atoms with van der Waals surface area (Å²) in [6.45, 7) is 0. The molecule has 5 aromatic rings. The highest BCUT2D eigenvalue weighted by Gasteiger charge is 2.23. The van der Waals surface area contributed by atoms with E-state index < -0.39 is 19.7 Å². The van der Waals surface area contributed by atoms with E-state index in [2.05, 4.69) is 0 Å². The predicted molar refractivity (Wildman–Crippen MR) is 141 cm³/mol. The molecule has 0 N–H and O–H groups in total. The lowest BCUT2D eigenvalue weighted by Crippen LogP contribution is -2.04. The van der Waals surface area contributed by atoms with Gasteiger partial charge in [0, 0.05) is 11.1 Å². The fraction of sp³-hybridized carbons (Fsp3) is 0. The maximum atomic E-state index is 13.3. The van der Waals surface area contributed by atoms with Crippen LogP contribution in [0.4, 0.5) is 0 Å². The summed E-state index contributed by atoms with van der Waals surface area (Å²) in [5.41, 5.74) is 2.60. The highest BCUT2D eigenvalue weighted by Crippen LogP contribution is 2.35. The standard InChI is InChI=1S/C30H22O4S2/c31-35(32,25-11-3-1-4-12-25)29-17-9-7-15-27(29)23-19-21-24(22-20-23)28-16-8-10-18-30(28)36(33,34)26-13-5-2-6-14-26/h1-22H. The second-order valence-corrected chi connectivity index (χ2v) is 12.0. The van der Waals surface area contributed by atoms with Crippen molar-refractivity contribution in [2.75, 3.05) is 0 Å². The number of hydrogen-bond acceptors (Lipinski definition) is 4. The highest BCUT2D eigenvalue weighted by molar-refractivity contribution is 7.92. The molecule has 0 saturated heterocycles. The van der Waals surface area contributed by atoms with E-state index in [1.54, 1.807) is 109 Å². The van der Waals surface area contributed by atoms with Gasteiger partial charge in [0.05, 0.1) is 19.6 Å². The number of rotatable bonds is 6. The average molecular weight is 511 g/mol. The van der Waals surface area contributed by atoms with Crippen LogP contribution < -0.4 is 0 Å². The van der Waals surface area contributed by atoms with Crippen molar-refractivity contribution in [3.05, 3.63) is 133 Å². The Morgan fingerprint density at radius 1 is 0.333 bits per heavy atom. The molecule has 0 saturated carbocycles. The van der Waals surface area contributed by atoms with Crippen LogP contribution in [0, 0.1) is 0 Å². The van der Waals surface area contributed by atoms with Gasteiger partial charge in [-0.1, -0.05) is 97.1 Å². The van der Waals surface area contributed by atoms with Gasteiger partial charge in [-0.2, -0.15) is 0 Å². The summed E-state index contributed by atoms with van der Waals surface area (Å²) in [7, 11) is -7.43. The van der Waals surface area contributed by atoms with Crippen LogP contribution in [0.15, 0.2) is 153 Å². The molecule has 0 radical (unpaired) electrons. The molecule has 5 rings (SSSR count). The van der Waals surface area contributed by atoms with Crippen LogP contribution in [0.2, 0.25) is 0 Å². The van der Waals surface area contributed by atoms with E-state index in [4.69, 9.17) is 0 Å². The van der Waals surface area contributed by atoms with Crippen LogP contribution in [0.3, 0.4) is 0 Å². The Hall–Kier alpha value is -4.00. The van der Waals surface area contributed by atoms with Gasteiger partial charge in [0.1, 0.15) is 0 Å². The molecule has 0 atom stereocenters. The van der Waals surface area contributed by atoms with Gasteiger partial charge in [0.15, 0.2) is 0 Å². The van der Waals surface area contributed by atoms with Crippen molar-refractivity contribution in [3.8, 4) is 22.3 Å². The number of sulfone groups is 2. The molecule has 0 aliphatic heterocycles. The van der Waals surface area contributed by atoms with Gasteiger partial charge >= 0.3 is 0 Å². The first-order chi connectivity index (χ1) is 17.4. The van der Waals surface area contributed by atoms with E-state index in [0.29, 0.717) is 11.1 Å². The van der Waals surface area contributed by atoms with Gasteiger partial charge in [0.2, 0.25) is 19.7 Å². The lowest BCUT2D eigenvalue weighted by molar-refractivity contribution is 0.594. The number of hydrogen-bond donors (Lipinski definition) is 0. The smallest absolute Gasteiger partial charge is 0.207 e. The van der Waals surface area contributed by atoms with Gasteiger partial charge in [-0.3, -0.25) is 0 Å². The third kappa shape index (κ3) is 4.37. The van der Waals surface area contributed by atoms with E-state index >= 15 is 0 Å². The lowest BCUT2D eigenvalue weighted by atomic mass is 10.0. The van der Waals surface area contributed by atoms with E-state index in [0.717, 1.165) is 11.1 Å². The fourth-order valence-corrected chi connectivity index (χ4v) is 7.17. The summed E-state index contributed by atoms with van der Waals surface area (Å²) in [4.78, 5) is 0.898. The number of benzene rings is 5. The van der Waals surface area contributed by atoms with Crippen LogP contribution in [0.1, 0.15) is 0 Å². The largest absolute Gasteiger partial charge is 0.218 e. The van der Waals surface area contributed by atoms with E-state index in [1.807, 2.05) is 24.3 Å². The first-order valence-electron chi connectivity index (χ1n) is 11.3. The minimum Gasteiger partial charge on any atom is -0.218 e. The topological polar surface area (TPSA) is 68.3 Å². The Morgan fingerprint density at radius 3 is 1.00 bits per heavy atom. The molecule has 0 unspecified atom stereocenters. The Balaban J connectivity index is 1.57. The molecule has 178 valence electrons. The summed E-state index contributed by atoms with van der Waals surface area (Å²) in [6, 6.07) is 37.7. The lowest BCUT2D eigenvalue weighted by Gasteiger charge is -2.13. The predicted octanol–water partition coefficient (Wildman–Crippen LogP) is 6.69. The molecule has 0 heterocycles. The zero-order chi connectivity index (χ0) is 25.2. The monoisotopic (exact) mass is 510 g/mol. The Kier molecular flexibility index (Phi) is 6.31. The molecule has 6 heteroatoms. The summed E-state index contributed by atoms with van der Waals surface area (Å²) in [5.74, 6) is 0. The molecule has 5 aromatic carbocycles. The van der Waals surface area contributed by atoms with Gasteiger partial charge < -0.3 is 0 Å². The van der Waals surface area contributed by atoms with Gasteiger partial charge in [0.25, 0.3) is 0 Å². The average Bonchev–Trinajstić information content (AvgIpc) is 2.94. The highest BCUT2D eigenvalue weighted by atomic mass is 32.2. The Bertz CT molecular complexity index is 1590. The molecule has 0 aliphatic carbocycles. The van der Waals surface area contributed by atoms with E-state index in [-0.39, 0.29) is 19.6 Å². The zero-order valence-corrected chi connectivity index (χ0v) is 20.8. The Morgan fingerprint density at radius 2 is 0.639 bits per heavy atom. The van der Waals surface area contributed by atoms with Gasteiger partial charge in [-0.15, -0.1) is 0 Å². The first kappa shape index (κ1) is 23.7. The quantitative estimate of drug-likeness (QED) is 0.255. The summed E-state index contributed by atoms with van der Waals surface area (Å²) >= 11 is 0. The van der Waals surface area contributed by atoms with Crippen molar-refractivity contribution in [1.82, 2.24) is 0 Å². The molecule has 4 nitrogen and oxygen atoms in total. The molecular formula is C30H22O4S2. The van der Waals surface area contributed by atoms with Crippen molar-refractivity contribution in [1.29, 1.82) is 0 Å². The van der Waals surface area contributed by atoms with E-state index in [1.165, 1.54) is 0 Å². The van der Waals surface area contributed by atoms with Crippen LogP contribution in [0.25, 0.3) is 22.3 Å².